The Morgan fingerprint density at radius 3 is 1.18 bits per heavy atom. The molecule has 7 aliphatic heterocycles. The third-order valence-corrected chi connectivity index (χ3v) is 15.7. The SMILES string of the molecule is CC(=O)N[C@@H]1[C@@H](O)[C@H](O[C@@H]2O[C@H](CO)[C@@H](O[C@@H]3O[C@H](CO[C@H]4O[C@H](CO)[C@@H](O)[C@H](O)[C@@H]4O)[C@@H](O)[C@H](O[C@H]4O[C@H](CO)[C@@H](O)[C@H](O)[C@@H]4O[C@@H]4O[C@H](CO)[C@@H](O)[C@H](O[C@@H]5O[C@H](CO)[C@H](O)[C@H](O)[C@H]5O)[C@H]4NC(C)=O)[C@@H]3O)[C@H](O)[C@H]2NC(C)=O)[C@@H](CO)O[C@H]1O. The van der Waals surface area contributed by atoms with E-state index in [-0.39, 0.29) is 0 Å². The zero-order chi connectivity index (χ0) is 64.2. The Morgan fingerprint density at radius 1 is 0.299 bits per heavy atom. The van der Waals surface area contributed by atoms with E-state index in [9.17, 15) is 117 Å². The van der Waals surface area contributed by atoms with Crippen LogP contribution in [0.25, 0.3) is 0 Å². The summed E-state index contributed by atoms with van der Waals surface area (Å²) in [7, 11) is 0. The summed E-state index contributed by atoms with van der Waals surface area (Å²) in [5, 5.41) is 225. The van der Waals surface area contributed by atoms with Crippen LogP contribution in [0.3, 0.4) is 0 Å². The molecule has 0 spiro atoms. The van der Waals surface area contributed by atoms with Gasteiger partial charge in [-0.25, -0.2) is 0 Å². The van der Waals surface area contributed by atoms with Gasteiger partial charge in [0.2, 0.25) is 17.7 Å². The second-order valence-electron chi connectivity index (χ2n) is 21.8. The third-order valence-electron chi connectivity index (χ3n) is 15.7. The van der Waals surface area contributed by atoms with Crippen LogP contribution in [0, 0.1) is 0 Å². The fourth-order valence-corrected chi connectivity index (χ4v) is 11.1. The van der Waals surface area contributed by atoms with Gasteiger partial charge in [-0.15, -0.1) is 0 Å². The highest BCUT2D eigenvalue weighted by Crippen LogP contribution is 2.38. The van der Waals surface area contributed by atoms with Crippen molar-refractivity contribution < 1.29 is 178 Å². The lowest BCUT2D eigenvalue weighted by Gasteiger charge is -2.51. The molecule has 23 N–H and O–H groups in total. The molecule has 0 radical (unpaired) electrons. The van der Waals surface area contributed by atoms with E-state index in [1.54, 1.807) is 0 Å². The standard InChI is InChI=1S/C48H81N3O36/c1-11(58)49-21-29(66)37(18(8-56)76-42(21)74)83-43-22(50-12(2)59)30(67)38(19(9-57)81-43)84-47-36(73)40(28(65)20(82-47)10-75-45-34(71)31(68)24(61)14(4-52)78-45)86-48-41(33(70)26(63)16(6-54)80-48)87-44-23(51-13(3)60)39(27(64)17(7-55)77-44)85-46-35(72)32(69)25(62)15(5-53)79-46/h14-48,52-57,61-74H,4-10H2,1-3H3,(H,49,58)(H,50,59)(H,51,60)/t14-,15-,16-,17-,18-,19-,20-,21-,22-,23-,24-,25+,26-,27-,28-,29-,30-,31+,32+,33+,34+,35-,36+,37-,38-,39-,40+,41+,42-,43+,44+,45+,46+,47+,48-/m1/s1. The number of nitrogens with one attached hydrogen (secondary N) is 3. The van der Waals surface area contributed by atoms with E-state index in [2.05, 4.69) is 16.0 Å². The van der Waals surface area contributed by atoms with Crippen molar-refractivity contribution in [2.75, 3.05) is 46.2 Å². The molecular formula is C48H81N3O36. The summed E-state index contributed by atoms with van der Waals surface area (Å²) in [4.78, 5) is 37.6. The maximum atomic E-state index is 12.8. The molecule has 7 saturated heterocycles. The van der Waals surface area contributed by atoms with Gasteiger partial charge in [-0.3, -0.25) is 14.4 Å². The molecule has 0 aromatic rings. The molecular weight excluding hydrogens is 1190 g/mol. The Bertz CT molecular complexity index is 2190. The average molecular weight is 1280 g/mol. The van der Waals surface area contributed by atoms with Crippen LogP contribution in [0.5, 0.6) is 0 Å². The summed E-state index contributed by atoms with van der Waals surface area (Å²) < 4.78 is 75.7. The monoisotopic (exact) mass is 1280 g/mol. The number of carbonyl (C=O) groups is 3. The van der Waals surface area contributed by atoms with E-state index in [1.165, 1.54) is 0 Å². The summed E-state index contributed by atoms with van der Waals surface area (Å²) in [6.07, 6.45) is -63.8. The van der Waals surface area contributed by atoms with Crippen molar-refractivity contribution in [1.82, 2.24) is 16.0 Å². The maximum Gasteiger partial charge on any atom is 0.217 e. The van der Waals surface area contributed by atoms with Crippen LogP contribution in [-0.2, 0) is 76.0 Å². The molecule has 87 heavy (non-hydrogen) atoms. The average Bonchev–Trinajstić information content (AvgIpc) is 1.08. The summed E-state index contributed by atoms with van der Waals surface area (Å²) in [6.45, 7) is -4.07. The third kappa shape index (κ3) is 15.8. The van der Waals surface area contributed by atoms with Crippen molar-refractivity contribution >= 4 is 17.7 Å². The van der Waals surface area contributed by atoms with Gasteiger partial charge in [-0.2, -0.15) is 0 Å². The van der Waals surface area contributed by atoms with E-state index < -0.39 is 279 Å². The number of aliphatic hydroxyl groups excluding tert-OH is 20. The largest absolute Gasteiger partial charge is 0.394 e. The molecule has 0 saturated carbocycles. The molecule has 3 amide bonds. The Balaban J connectivity index is 1.21. The first-order valence-electron chi connectivity index (χ1n) is 27.6. The van der Waals surface area contributed by atoms with E-state index in [1.807, 2.05) is 0 Å². The number of ether oxygens (including phenoxy) is 13. The fourth-order valence-electron chi connectivity index (χ4n) is 11.1. The second-order valence-corrected chi connectivity index (χ2v) is 21.8. The highest BCUT2D eigenvalue weighted by Gasteiger charge is 2.59. The van der Waals surface area contributed by atoms with Crippen molar-refractivity contribution in [2.24, 2.45) is 0 Å². The van der Waals surface area contributed by atoms with Gasteiger partial charge in [0.15, 0.2) is 44.0 Å². The van der Waals surface area contributed by atoms with Crippen LogP contribution < -0.4 is 16.0 Å². The van der Waals surface area contributed by atoms with Gasteiger partial charge in [0, 0.05) is 20.8 Å². The molecule has 504 valence electrons. The Hall–Kier alpha value is -2.91. The van der Waals surface area contributed by atoms with Crippen LogP contribution in [0.2, 0.25) is 0 Å². The van der Waals surface area contributed by atoms with Gasteiger partial charge in [0.25, 0.3) is 0 Å². The quantitative estimate of drug-likeness (QED) is 0.0479. The number of carbonyl (C=O) groups excluding carboxylic acids is 3. The van der Waals surface area contributed by atoms with Crippen LogP contribution in [0.1, 0.15) is 20.8 Å². The predicted molar refractivity (Wildman–Crippen MR) is 267 cm³/mol. The number of hydrogen-bond acceptors (Lipinski definition) is 36. The van der Waals surface area contributed by atoms with Gasteiger partial charge in [-0.05, 0) is 0 Å². The first-order valence-corrected chi connectivity index (χ1v) is 27.6. The molecule has 35 atom stereocenters. The lowest BCUT2D eigenvalue weighted by atomic mass is 9.93. The smallest absolute Gasteiger partial charge is 0.217 e. The van der Waals surface area contributed by atoms with Gasteiger partial charge in [-0.1, -0.05) is 0 Å². The highest BCUT2D eigenvalue weighted by atomic mass is 16.8. The fraction of sp³-hybridized carbons (Fsp3) is 0.938. The lowest BCUT2D eigenvalue weighted by Crippen LogP contribution is -2.71. The van der Waals surface area contributed by atoms with Crippen LogP contribution >= 0.6 is 0 Å². The molecule has 39 heteroatoms. The first kappa shape index (κ1) is 71.5. The second kappa shape index (κ2) is 31.1. The van der Waals surface area contributed by atoms with Crippen molar-refractivity contribution in [3.05, 3.63) is 0 Å². The Kier molecular flexibility index (Phi) is 25.6. The van der Waals surface area contributed by atoms with E-state index >= 15 is 0 Å². The number of hydrogen-bond donors (Lipinski definition) is 23. The number of rotatable bonds is 22. The van der Waals surface area contributed by atoms with Crippen molar-refractivity contribution in [2.45, 2.75) is 236 Å². The normalized spacial score (nSPS) is 48.9. The van der Waals surface area contributed by atoms with Crippen LogP contribution in [-0.4, -0.2) is 381 Å². The Labute approximate surface area is 492 Å². The van der Waals surface area contributed by atoms with Gasteiger partial charge < -0.3 is 180 Å². The minimum Gasteiger partial charge on any atom is -0.394 e. The minimum atomic E-state index is -2.43. The molecule has 7 rings (SSSR count). The van der Waals surface area contributed by atoms with E-state index in [4.69, 9.17) is 61.6 Å². The molecule has 0 bridgehead atoms. The Morgan fingerprint density at radius 2 is 0.644 bits per heavy atom. The topological polar surface area (TPSA) is 612 Å². The molecule has 0 unspecified atom stereocenters. The van der Waals surface area contributed by atoms with Gasteiger partial charge in [0.05, 0.1) is 46.2 Å². The zero-order valence-electron chi connectivity index (χ0n) is 46.6. The van der Waals surface area contributed by atoms with E-state index in [0.717, 1.165) is 20.8 Å². The molecule has 0 aromatic carbocycles. The number of aliphatic hydroxyl groups is 20. The number of amides is 3. The summed E-state index contributed by atoms with van der Waals surface area (Å²) in [5.41, 5.74) is 0. The minimum absolute atomic E-state index is 0.743. The summed E-state index contributed by atoms with van der Waals surface area (Å²) in [5.74, 6) is -2.53. The van der Waals surface area contributed by atoms with Crippen molar-refractivity contribution in [1.29, 1.82) is 0 Å². The van der Waals surface area contributed by atoms with Crippen LogP contribution in [0.15, 0.2) is 0 Å². The van der Waals surface area contributed by atoms with Gasteiger partial charge >= 0.3 is 0 Å². The highest BCUT2D eigenvalue weighted by molar-refractivity contribution is 5.74. The van der Waals surface area contributed by atoms with Crippen molar-refractivity contribution in [3.8, 4) is 0 Å². The molecule has 0 aromatic heterocycles. The summed E-state index contributed by atoms with van der Waals surface area (Å²) >= 11 is 0. The van der Waals surface area contributed by atoms with Crippen LogP contribution in [0.4, 0.5) is 0 Å². The zero-order valence-corrected chi connectivity index (χ0v) is 46.6. The molecule has 7 fully saturated rings. The maximum absolute atomic E-state index is 12.8. The molecule has 7 aliphatic rings. The molecule has 7 heterocycles. The van der Waals surface area contributed by atoms with E-state index in [0.29, 0.717) is 0 Å². The predicted octanol–water partition coefficient (Wildman–Crippen LogP) is -15.8. The summed E-state index contributed by atoms with van der Waals surface area (Å²) in [6, 6.07) is -5.25. The lowest BCUT2D eigenvalue weighted by molar-refractivity contribution is -0.397. The van der Waals surface area contributed by atoms with Gasteiger partial charge in [0.1, 0.15) is 171 Å². The van der Waals surface area contributed by atoms with Crippen molar-refractivity contribution in [3.63, 3.8) is 0 Å². The molecule has 0 aliphatic carbocycles. The first-order chi connectivity index (χ1) is 41.1. The molecule has 39 nitrogen and oxygen atoms in total.